The monoisotopic (exact) mass is 189 g/mol. The lowest BCUT2D eigenvalue weighted by atomic mass is 10.1. The Morgan fingerprint density at radius 2 is 1.77 bits per heavy atom. The van der Waals surface area contributed by atoms with Crippen LogP contribution in [0.4, 0.5) is 0 Å². The molecule has 13 heavy (non-hydrogen) atoms. The predicted molar refractivity (Wildman–Crippen MR) is 54.7 cm³/mol. The lowest BCUT2D eigenvalue weighted by molar-refractivity contribution is 0.0550. The Kier molecular flexibility index (Phi) is 6.29. The molecule has 0 atom stereocenters. The number of aliphatic hydroxyl groups is 2. The smallest absolute Gasteiger partial charge is 0.0603 e. The largest absolute Gasteiger partial charge is 0.395 e. The van der Waals surface area contributed by atoms with Gasteiger partial charge in [-0.3, -0.25) is 0 Å². The summed E-state index contributed by atoms with van der Waals surface area (Å²) in [6, 6.07) is 0. The van der Waals surface area contributed by atoms with Crippen molar-refractivity contribution in [3.63, 3.8) is 0 Å². The fourth-order valence-electron chi connectivity index (χ4n) is 1.22. The van der Waals surface area contributed by atoms with Crippen molar-refractivity contribution >= 4 is 0 Å². The molecule has 0 bridgehead atoms. The fraction of sp³-hybridized carbons (Fsp3) is 1.00. The maximum absolute atomic E-state index is 9.51. The van der Waals surface area contributed by atoms with Gasteiger partial charge in [0.1, 0.15) is 0 Å². The summed E-state index contributed by atoms with van der Waals surface area (Å²) in [5.41, 5.74) is -0.596. The SMILES string of the molecule is CCCN(CCO)CCC(C)(C)O. The molecule has 0 rings (SSSR count). The van der Waals surface area contributed by atoms with Crippen molar-refractivity contribution in [1.82, 2.24) is 4.90 Å². The van der Waals surface area contributed by atoms with Gasteiger partial charge in [-0.15, -0.1) is 0 Å². The number of hydrogen-bond acceptors (Lipinski definition) is 3. The van der Waals surface area contributed by atoms with Crippen LogP contribution in [0.5, 0.6) is 0 Å². The van der Waals surface area contributed by atoms with Gasteiger partial charge < -0.3 is 15.1 Å². The van der Waals surface area contributed by atoms with Crippen LogP contribution in [0.1, 0.15) is 33.6 Å². The summed E-state index contributed by atoms with van der Waals surface area (Å²) in [4.78, 5) is 2.18. The molecular weight excluding hydrogens is 166 g/mol. The van der Waals surface area contributed by atoms with Crippen molar-refractivity contribution in [2.45, 2.75) is 39.2 Å². The molecule has 0 fully saturated rings. The van der Waals surface area contributed by atoms with Gasteiger partial charge in [-0.25, -0.2) is 0 Å². The number of hydrogen-bond donors (Lipinski definition) is 2. The molecule has 0 aliphatic heterocycles. The predicted octanol–water partition coefficient (Wildman–Crippen LogP) is 0.852. The van der Waals surface area contributed by atoms with Gasteiger partial charge in [-0.05, 0) is 33.2 Å². The molecule has 0 amide bonds. The molecule has 0 aromatic heterocycles. The second kappa shape index (κ2) is 6.35. The second-order valence-electron chi connectivity index (χ2n) is 4.13. The molecule has 2 N–H and O–H groups in total. The zero-order chi connectivity index (χ0) is 10.3. The third-order valence-corrected chi connectivity index (χ3v) is 2.00. The van der Waals surface area contributed by atoms with Gasteiger partial charge >= 0.3 is 0 Å². The van der Waals surface area contributed by atoms with Gasteiger partial charge in [0.15, 0.2) is 0 Å². The van der Waals surface area contributed by atoms with E-state index in [4.69, 9.17) is 5.11 Å². The van der Waals surface area contributed by atoms with Gasteiger partial charge in [0.2, 0.25) is 0 Å². The highest BCUT2D eigenvalue weighted by Crippen LogP contribution is 2.08. The van der Waals surface area contributed by atoms with E-state index in [2.05, 4.69) is 11.8 Å². The van der Waals surface area contributed by atoms with Crippen LogP contribution in [0.3, 0.4) is 0 Å². The quantitative estimate of drug-likeness (QED) is 0.624. The minimum atomic E-state index is -0.596. The van der Waals surface area contributed by atoms with Crippen molar-refractivity contribution in [2.75, 3.05) is 26.2 Å². The van der Waals surface area contributed by atoms with Crippen molar-refractivity contribution < 1.29 is 10.2 Å². The van der Waals surface area contributed by atoms with E-state index in [9.17, 15) is 5.11 Å². The molecule has 3 nitrogen and oxygen atoms in total. The molecule has 0 aliphatic rings. The Hall–Kier alpha value is -0.120. The molecule has 3 heteroatoms. The van der Waals surface area contributed by atoms with Crippen molar-refractivity contribution in [3.8, 4) is 0 Å². The van der Waals surface area contributed by atoms with E-state index >= 15 is 0 Å². The van der Waals surface area contributed by atoms with Gasteiger partial charge in [0, 0.05) is 13.1 Å². The molecule has 0 aliphatic carbocycles. The van der Waals surface area contributed by atoms with Crippen LogP contribution < -0.4 is 0 Å². The topological polar surface area (TPSA) is 43.7 Å². The molecule has 80 valence electrons. The molecular formula is C10H23NO2. The van der Waals surface area contributed by atoms with E-state index in [0.29, 0.717) is 6.54 Å². The highest BCUT2D eigenvalue weighted by molar-refractivity contribution is 4.68. The molecule has 0 saturated carbocycles. The standard InChI is InChI=1S/C10H23NO2/c1-4-6-11(8-9-12)7-5-10(2,3)13/h12-13H,4-9H2,1-3H3. The first-order chi connectivity index (χ1) is 5.99. The Morgan fingerprint density at radius 1 is 1.15 bits per heavy atom. The first-order valence-electron chi connectivity index (χ1n) is 5.05. The Labute approximate surface area is 81.4 Å². The molecule has 0 heterocycles. The minimum absolute atomic E-state index is 0.200. The van der Waals surface area contributed by atoms with Crippen molar-refractivity contribution in [3.05, 3.63) is 0 Å². The number of rotatable bonds is 7. The van der Waals surface area contributed by atoms with E-state index < -0.39 is 5.60 Å². The minimum Gasteiger partial charge on any atom is -0.395 e. The lowest BCUT2D eigenvalue weighted by Crippen LogP contribution is -2.33. The van der Waals surface area contributed by atoms with Crippen LogP contribution in [0.15, 0.2) is 0 Å². The van der Waals surface area contributed by atoms with Gasteiger partial charge in [0.05, 0.1) is 12.2 Å². The van der Waals surface area contributed by atoms with Crippen molar-refractivity contribution in [1.29, 1.82) is 0 Å². The lowest BCUT2D eigenvalue weighted by Gasteiger charge is -2.25. The second-order valence-corrected chi connectivity index (χ2v) is 4.13. The maximum atomic E-state index is 9.51. The zero-order valence-corrected chi connectivity index (χ0v) is 9.08. The van der Waals surface area contributed by atoms with Crippen LogP contribution in [0, 0.1) is 0 Å². The van der Waals surface area contributed by atoms with Crippen LogP contribution >= 0.6 is 0 Å². The highest BCUT2D eigenvalue weighted by atomic mass is 16.3. The molecule has 0 radical (unpaired) electrons. The first-order valence-corrected chi connectivity index (χ1v) is 5.05. The summed E-state index contributed by atoms with van der Waals surface area (Å²) in [6.45, 7) is 8.52. The molecule has 0 aromatic rings. The summed E-state index contributed by atoms with van der Waals surface area (Å²) in [6.07, 6.45) is 1.85. The zero-order valence-electron chi connectivity index (χ0n) is 9.08. The van der Waals surface area contributed by atoms with Crippen LogP contribution in [0.2, 0.25) is 0 Å². The van der Waals surface area contributed by atoms with Crippen molar-refractivity contribution in [2.24, 2.45) is 0 Å². The Balaban J connectivity index is 3.68. The third kappa shape index (κ3) is 8.22. The normalized spacial score (nSPS) is 12.5. The average Bonchev–Trinajstić information content (AvgIpc) is 2.00. The Bertz CT molecular complexity index is 115. The van der Waals surface area contributed by atoms with Gasteiger partial charge in [-0.2, -0.15) is 0 Å². The summed E-state index contributed by atoms with van der Waals surface area (Å²) in [5, 5.41) is 18.3. The number of aliphatic hydroxyl groups excluding tert-OH is 1. The van der Waals surface area contributed by atoms with Crippen LogP contribution in [-0.2, 0) is 0 Å². The summed E-state index contributed by atoms with van der Waals surface area (Å²) < 4.78 is 0. The Morgan fingerprint density at radius 3 is 2.15 bits per heavy atom. The molecule has 0 unspecified atom stereocenters. The highest BCUT2D eigenvalue weighted by Gasteiger charge is 2.14. The van der Waals surface area contributed by atoms with Crippen LogP contribution in [-0.4, -0.2) is 47.0 Å². The molecule has 0 aromatic carbocycles. The van der Waals surface area contributed by atoms with E-state index in [0.717, 1.165) is 25.9 Å². The fourth-order valence-corrected chi connectivity index (χ4v) is 1.22. The first kappa shape index (κ1) is 12.9. The molecule has 0 spiro atoms. The summed E-state index contributed by atoms with van der Waals surface area (Å²) in [5.74, 6) is 0. The van der Waals surface area contributed by atoms with E-state index in [1.54, 1.807) is 0 Å². The van der Waals surface area contributed by atoms with Crippen LogP contribution in [0.25, 0.3) is 0 Å². The van der Waals surface area contributed by atoms with E-state index in [1.165, 1.54) is 0 Å². The maximum Gasteiger partial charge on any atom is 0.0603 e. The van der Waals surface area contributed by atoms with Gasteiger partial charge in [-0.1, -0.05) is 6.92 Å². The van der Waals surface area contributed by atoms with E-state index in [1.807, 2.05) is 13.8 Å². The number of nitrogens with zero attached hydrogens (tertiary/aromatic N) is 1. The summed E-state index contributed by atoms with van der Waals surface area (Å²) in [7, 11) is 0. The average molecular weight is 189 g/mol. The van der Waals surface area contributed by atoms with E-state index in [-0.39, 0.29) is 6.61 Å². The summed E-state index contributed by atoms with van der Waals surface area (Å²) >= 11 is 0. The van der Waals surface area contributed by atoms with Gasteiger partial charge in [0.25, 0.3) is 0 Å². The molecule has 0 saturated heterocycles. The third-order valence-electron chi connectivity index (χ3n) is 2.00.